The molecule has 1 saturated carbocycles. The van der Waals surface area contributed by atoms with Crippen LogP contribution in [-0.4, -0.2) is 43.5 Å². The Balaban J connectivity index is 1.39. The monoisotopic (exact) mass is 653 g/mol. The molecule has 1 amide bonds. The van der Waals surface area contributed by atoms with Gasteiger partial charge in [-0.2, -0.15) is 0 Å². The van der Waals surface area contributed by atoms with Crippen molar-refractivity contribution in [2.24, 2.45) is 17.6 Å². The molecule has 1 unspecified atom stereocenters. The van der Waals surface area contributed by atoms with Crippen LogP contribution >= 0.6 is 0 Å². The highest BCUT2D eigenvalue weighted by Crippen LogP contribution is 2.47. The van der Waals surface area contributed by atoms with Gasteiger partial charge in [-0.25, -0.2) is 17.2 Å². The number of hydrogen-bond donors (Lipinski definition) is 2. The van der Waals surface area contributed by atoms with Crippen LogP contribution in [-0.2, 0) is 25.6 Å². The molecule has 6 rings (SSSR count). The van der Waals surface area contributed by atoms with Gasteiger partial charge in [0.15, 0.2) is 0 Å². The molecule has 0 spiro atoms. The normalized spacial score (nSPS) is 23.5. The third kappa shape index (κ3) is 6.97. The number of sulfonamides is 1. The van der Waals surface area contributed by atoms with Crippen molar-refractivity contribution in [2.75, 3.05) is 0 Å². The highest BCUT2D eigenvalue weighted by atomic mass is 32.2. The van der Waals surface area contributed by atoms with Crippen LogP contribution in [0.15, 0.2) is 89.8 Å². The molecule has 8 nitrogen and oxygen atoms in total. The summed E-state index contributed by atoms with van der Waals surface area (Å²) in [4.78, 5) is 24.2. The third-order valence-corrected chi connectivity index (χ3v) is 10.9. The van der Waals surface area contributed by atoms with Crippen LogP contribution in [0.1, 0.15) is 63.4 Å². The number of rotatable bonds is 11. The van der Waals surface area contributed by atoms with E-state index in [0.29, 0.717) is 44.3 Å². The van der Waals surface area contributed by atoms with E-state index >= 15 is 8.78 Å². The summed E-state index contributed by atoms with van der Waals surface area (Å²) >= 11 is 0. The van der Waals surface area contributed by atoms with E-state index in [9.17, 15) is 13.2 Å². The van der Waals surface area contributed by atoms with E-state index in [2.05, 4.69) is 4.89 Å². The lowest BCUT2D eigenvalue weighted by molar-refractivity contribution is -0.186. The molecule has 2 saturated heterocycles. The number of hydrogen-bond acceptors (Lipinski definition) is 6. The first kappa shape index (κ1) is 32.6. The van der Waals surface area contributed by atoms with Crippen molar-refractivity contribution in [3.05, 3.63) is 90.5 Å². The molecular formula is C35H41F2N3O5S. The summed E-state index contributed by atoms with van der Waals surface area (Å²) in [6, 6.07) is 21.4. The van der Waals surface area contributed by atoms with Crippen LogP contribution in [0.4, 0.5) is 8.78 Å². The van der Waals surface area contributed by atoms with Gasteiger partial charge >= 0.3 is 0 Å². The topological polar surface area (TPSA) is 111 Å². The Kier molecular flexibility index (Phi) is 9.75. The number of fused-ring (bicyclic) bond motifs is 2. The second kappa shape index (κ2) is 13.8. The Bertz CT molecular complexity index is 1570. The Morgan fingerprint density at radius 2 is 1.46 bits per heavy atom. The number of carbonyl (C=O) groups is 1. The molecule has 3 N–H and O–H groups in total. The molecule has 11 heteroatoms. The molecule has 4 atom stereocenters. The molecule has 2 aliphatic heterocycles. The summed E-state index contributed by atoms with van der Waals surface area (Å²) in [5.41, 5.74) is 5.87. The standard InChI is InChI=1S/C35H41F2N3O5S/c36-35(37,25-13-10-16-30(21-25)44-29-14-6-2-7-15-29)32(34(41)40-27-19-20-28(40)23-26(38)22-27)33(24-11-4-1-5-12-24)45-39-46(42,43)31-17-8-3-9-18-31/h2-3,6-10,13-18,21,24,26-28,32-33,39H,1,4-5,11-12,19-20,22-23,38H2/t27-,28-,32-,33?/m0/s1. The number of nitrogens with two attached hydrogens (primary N) is 1. The minimum atomic E-state index is -4.22. The number of benzene rings is 3. The molecule has 3 aromatic carbocycles. The molecule has 2 bridgehead atoms. The van der Waals surface area contributed by atoms with Crippen LogP contribution in [0, 0.1) is 11.8 Å². The van der Waals surface area contributed by atoms with Crippen LogP contribution in [0.5, 0.6) is 11.5 Å². The van der Waals surface area contributed by atoms with Gasteiger partial charge in [0.25, 0.3) is 15.9 Å². The predicted octanol–water partition coefficient (Wildman–Crippen LogP) is 6.53. The predicted molar refractivity (Wildman–Crippen MR) is 169 cm³/mol. The second-order valence-electron chi connectivity index (χ2n) is 12.8. The van der Waals surface area contributed by atoms with Gasteiger partial charge in [-0.3, -0.25) is 9.63 Å². The first-order chi connectivity index (χ1) is 22.1. The van der Waals surface area contributed by atoms with Gasteiger partial charge in [0.2, 0.25) is 5.91 Å². The molecule has 2 heterocycles. The molecular weight excluding hydrogens is 612 g/mol. The van der Waals surface area contributed by atoms with Gasteiger partial charge in [0, 0.05) is 23.7 Å². The van der Waals surface area contributed by atoms with Crippen molar-refractivity contribution in [3.63, 3.8) is 0 Å². The second-order valence-corrected chi connectivity index (χ2v) is 14.4. The highest BCUT2D eigenvalue weighted by Gasteiger charge is 2.57. The maximum Gasteiger partial charge on any atom is 0.287 e. The number of halogens is 2. The average Bonchev–Trinajstić information content (AvgIpc) is 3.34. The van der Waals surface area contributed by atoms with Gasteiger partial charge in [0.1, 0.15) is 23.5 Å². The van der Waals surface area contributed by atoms with E-state index in [-0.39, 0.29) is 28.8 Å². The molecule has 46 heavy (non-hydrogen) atoms. The summed E-state index contributed by atoms with van der Waals surface area (Å²) in [5, 5.41) is 0. The van der Waals surface area contributed by atoms with E-state index in [1.54, 1.807) is 53.4 Å². The van der Waals surface area contributed by atoms with Crippen molar-refractivity contribution >= 4 is 15.9 Å². The number of nitrogens with one attached hydrogen (secondary N) is 1. The smallest absolute Gasteiger partial charge is 0.287 e. The minimum absolute atomic E-state index is 0.0687. The maximum atomic E-state index is 17.3. The SMILES string of the molecule is NC1C[C@@H]2CC[C@@H](C1)N2C(=O)[C@H](C(ONS(=O)(=O)c1ccccc1)C1CCCCC1)C(F)(F)c1cccc(Oc2ccccc2)c1. The number of amides is 1. The Hall–Kier alpha value is -3.38. The van der Waals surface area contributed by atoms with Crippen LogP contribution in [0.3, 0.4) is 0 Å². The summed E-state index contributed by atoms with van der Waals surface area (Å²) in [6.07, 6.45) is 4.57. The fraction of sp³-hybridized carbons (Fsp3) is 0.457. The third-order valence-electron chi connectivity index (χ3n) is 9.67. The number of nitrogens with zero attached hydrogens (tertiary/aromatic N) is 1. The Morgan fingerprint density at radius 1 is 0.848 bits per heavy atom. The van der Waals surface area contributed by atoms with E-state index in [1.807, 2.05) is 6.07 Å². The minimum Gasteiger partial charge on any atom is -0.457 e. The molecule has 1 aliphatic carbocycles. The molecule has 246 valence electrons. The lowest BCUT2D eigenvalue weighted by Crippen LogP contribution is -2.58. The van der Waals surface area contributed by atoms with E-state index in [0.717, 1.165) is 19.3 Å². The molecule has 3 aromatic rings. The van der Waals surface area contributed by atoms with Gasteiger partial charge in [-0.15, -0.1) is 0 Å². The first-order valence-electron chi connectivity index (χ1n) is 16.1. The van der Waals surface area contributed by atoms with E-state index in [4.69, 9.17) is 15.3 Å². The largest absolute Gasteiger partial charge is 0.457 e. The molecule has 0 aromatic heterocycles. The summed E-state index contributed by atoms with van der Waals surface area (Å²) in [7, 11) is -4.22. The van der Waals surface area contributed by atoms with Crippen LogP contribution < -0.4 is 15.4 Å². The first-order valence-corrected chi connectivity index (χ1v) is 17.6. The van der Waals surface area contributed by atoms with Crippen molar-refractivity contribution in [1.29, 1.82) is 0 Å². The van der Waals surface area contributed by atoms with Crippen molar-refractivity contribution in [2.45, 2.75) is 92.8 Å². The summed E-state index contributed by atoms with van der Waals surface area (Å²) in [5.74, 6) is -6.27. The fourth-order valence-corrected chi connectivity index (χ4v) is 8.33. The molecule has 3 fully saturated rings. The molecule has 0 radical (unpaired) electrons. The number of carbonyl (C=O) groups excluding carboxylic acids is 1. The van der Waals surface area contributed by atoms with E-state index < -0.39 is 45.4 Å². The lowest BCUT2D eigenvalue weighted by Gasteiger charge is -2.44. The number of para-hydroxylation sites is 1. The summed E-state index contributed by atoms with van der Waals surface area (Å²) < 4.78 is 66.9. The zero-order valence-corrected chi connectivity index (χ0v) is 26.5. The summed E-state index contributed by atoms with van der Waals surface area (Å²) in [6.45, 7) is 0. The Labute approximate surface area is 269 Å². The van der Waals surface area contributed by atoms with Gasteiger partial charge in [-0.05, 0) is 80.8 Å². The maximum absolute atomic E-state index is 17.3. The van der Waals surface area contributed by atoms with Crippen LogP contribution in [0.2, 0.25) is 0 Å². The van der Waals surface area contributed by atoms with Crippen molar-refractivity contribution < 1.29 is 31.6 Å². The lowest BCUT2D eigenvalue weighted by atomic mass is 9.76. The molecule has 3 aliphatic rings. The zero-order chi connectivity index (χ0) is 32.3. The highest BCUT2D eigenvalue weighted by molar-refractivity contribution is 7.89. The number of alkyl halides is 2. The van der Waals surface area contributed by atoms with Gasteiger partial charge in [0.05, 0.1) is 4.90 Å². The fourth-order valence-electron chi connectivity index (χ4n) is 7.48. The zero-order valence-electron chi connectivity index (χ0n) is 25.6. The quantitative estimate of drug-likeness (QED) is 0.228. The Morgan fingerprint density at radius 3 is 2.11 bits per heavy atom. The number of piperidine rings is 1. The van der Waals surface area contributed by atoms with Gasteiger partial charge in [-0.1, -0.05) is 72.7 Å². The van der Waals surface area contributed by atoms with Crippen LogP contribution in [0.25, 0.3) is 0 Å². The number of ether oxygens (including phenoxy) is 1. The van der Waals surface area contributed by atoms with Gasteiger partial charge < -0.3 is 15.4 Å². The van der Waals surface area contributed by atoms with Crippen molar-refractivity contribution in [1.82, 2.24) is 9.79 Å². The van der Waals surface area contributed by atoms with E-state index in [1.165, 1.54) is 30.3 Å². The van der Waals surface area contributed by atoms with Crippen molar-refractivity contribution in [3.8, 4) is 11.5 Å². The average molecular weight is 654 g/mol.